The van der Waals surface area contributed by atoms with E-state index in [4.69, 9.17) is 26.0 Å². The molecule has 1 saturated heterocycles. The molecule has 1 aliphatic carbocycles. The van der Waals surface area contributed by atoms with Crippen LogP contribution in [0.5, 0.6) is 5.75 Å². The van der Waals surface area contributed by atoms with Gasteiger partial charge in [0.25, 0.3) is 0 Å². The summed E-state index contributed by atoms with van der Waals surface area (Å²) >= 11 is 6.28. The van der Waals surface area contributed by atoms with Crippen molar-refractivity contribution in [1.29, 1.82) is 0 Å². The molecule has 1 unspecified atom stereocenters. The number of nitrogens with zero attached hydrogens (tertiary/aromatic N) is 2. The van der Waals surface area contributed by atoms with Crippen LogP contribution in [0.25, 0.3) is 0 Å². The first-order valence-electron chi connectivity index (χ1n) is 16.3. The maximum Gasteiger partial charge on any atom is 0.0488 e. The number of para-hydroxylation sites is 1. The van der Waals surface area contributed by atoms with Crippen LogP contribution in [0.15, 0.2) is 36.4 Å². The van der Waals surface area contributed by atoms with Gasteiger partial charge in [0.1, 0.15) is 0 Å². The number of rotatable bonds is 8. The number of non-ortho nitro benzene ring substituents is 1. The van der Waals surface area contributed by atoms with E-state index in [-0.39, 0.29) is 17.3 Å². The second kappa shape index (κ2) is 17.4. The van der Waals surface area contributed by atoms with Gasteiger partial charge < -0.3 is 4.90 Å². The molecule has 5 nitrogen and oxygen atoms in total. The summed E-state index contributed by atoms with van der Waals surface area (Å²) in [5.41, 5.74) is 5.78. The number of nitro groups is 1. The molecule has 1 saturated carbocycles. The van der Waals surface area contributed by atoms with Gasteiger partial charge in [0, 0.05) is 23.1 Å². The number of alkyl halides is 1. The quantitative estimate of drug-likeness (QED) is 0.117. The molecule has 0 amide bonds. The van der Waals surface area contributed by atoms with Crippen molar-refractivity contribution in [1.82, 2.24) is 0 Å². The zero-order valence-corrected chi connectivity index (χ0v) is 31.8. The third kappa shape index (κ3) is 9.29. The van der Waals surface area contributed by atoms with Gasteiger partial charge in [0.05, 0.1) is 0 Å². The number of ether oxygens (including phenoxy) is 1. The van der Waals surface area contributed by atoms with E-state index < -0.39 is 20.6 Å². The zero-order chi connectivity index (χ0) is 33.2. The second-order valence-corrected chi connectivity index (χ2v) is 15.5. The Morgan fingerprint density at radius 2 is 1.59 bits per heavy atom. The van der Waals surface area contributed by atoms with Crippen LogP contribution in [0.3, 0.4) is 0 Å². The van der Waals surface area contributed by atoms with Gasteiger partial charge in [-0.3, -0.25) is 0 Å². The third-order valence-corrected chi connectivity index (χ3v) is 10.2. The van der Waals surface area contributed by atoms with Gasteiger partial charge in [-0.1, -0.05) is 79.0 Å². The Morgan fingerprint density at radius 3 is 2.05 bits per heavy atom. The van der Waals surface area contributed by atoms with E-state index in [0.717, 1.165) is 5.88 Å². The summed E-state index contributed by atoms with van der Waals surface area (Å²) in [6.45, 7) is 22.0. The average Bonchev–Trinajstić information content (AvgIpc) is 3.19. The fraction of sp³-hybridized carbons (Fsp3) is 0.639. The van der Waals surface area contributed by atoms with E-state index in [9.17, 15) is 10.1 Å². The van der Waals surface area contributed by atoms with Gasteiger partial charge in [-0.25, -0.2) is 0 Å². The van der Waals surface area contributed by atoms with Crippen LogP contribution in [0.2, 0.25) is 0 Å². The minimum atomic E-state index is -0.440. The summed E-state index contributed by atoms with van der Waals surface area (Å²) in [6, 6.07) is 11.9. The molecular weight excluding hydrogens is 680 g/mol. The molecule has 0 N–H and O–H groups in total. The average molecular weight is 736 g/mol. The van der Waals surface area contributed by atoms with Gasteiger partial charge in [-0.2, -0.15) is 0 Å². The van der Waals surface area contributed by atoms with Gasteiger partial charge in [-0.05, 0) is 61.5 Å². The van der Waals surface area contributed by atoms with Crippen LogP contribution in [-0.2, 0) is 15.7 Å². The summed E-state index contributed by atoms with van der Waals surface area (Å²) in [4.78, 5) is 13.0. The summed E-state index contributed by atoms with van der Waals surface area (Å²) < 4.78 is 7.31. The monoisotopic (exact) mass is 735 g/mol. The predicted molar refractivity (Wildman–Crippen MR) is 187 cm³/mol. The van der Waals surface area contributed by atoms with Crippen LogP contribution in [-0.4, -0.2) is 33.1 Å². The van der Waals surface area contributed by atoms with Crippen LogP contribution >= 0.6 is 21.3 Å². The van der Waals surface area contributed by atoms with Crippen molar-refractivity contribution in [3.05, 3.63) is 63.2 Å². The van der Waals surface area contributed by atoms with Crippen molar-refractivity contribution in [2.75, 3.05) is 10.8 Å². The number of halogens is 2. The fourth-order valence-corrected chi connectivity index (χ4v) is 8.69. The molecule has 2 fully saturated rings. The van der Waals surface area contributed by atoms with Gasteiger partial charge >= 0.3 is 105 Å². The van der Waals surface area contributed by atoms with E-state index in [2.05, 4.69) is 64.6 Å². The molecule has 0 aromatic heterocycles. The SMILES string of the molecule is CC.CC(C)Oc1ccc([N+](=O)[O-])cc1[CH]=[Ru][Cl].CC(C)c1cccc(C(C)C)c1N1C(CCl)C2(CCCCC2)CC1(C)C. The topological polar surface area (TPSA) is 55.6 Å². The molecule has 1 heterocycles. The minimum absolute atomic E-state index is 0.0275. The largest absolute Gasteiger partial charge is 0.361 e. The third-order valence-electron chi connectivity index (χ3n) is 8.75. The predicted octanol–water partition coefficient (Wildman–Crippen LogP) is 11.3. The normalized spacial score (nSPS) is 19.0. The first kappa shape index (κ1) is 38.7. The number of hydrogen-bond donors (Lipinski definition) is 0. The van der Waals surface area contributed by atoms with Crippen molar-refractivity contribution >= 4 is 37.3 Å². The molecule has 1 aliphatic heterocycles. The van der Waals surface area contributed by atoms with E-state index in [1.54, 1.807) is 10.7 Å². The van der Waals surface area contributed by atoms with E-state index in [0.29, 0.717) is 34.6 Å². The van der Waals surface area contributed by atoms with Crippen molar-refractivity contribution < 1.29 is 25.3 Å². The maximum absolute atomic E-state index is 10.6. The molecule has 0 radical (unpaired) electrons. The zero-order valence-electron chi connectivity index (χ0n) is 28.5. The summed E-state index contributed by atoms with van der Waals surface area (Å²) in [6.07, 6.45) is 8.16. The molecule has 249 valence electrons. The number of benzene rings is 2. The molecular formula is C36H55Cl2N2O3Ru. The van der Waals surface area contributed by atoms with Gasteiger partial charge in [0.2, 0.25) is 0 Å². The van der Waals surface area contributed by atoms with Crippen LogP contribution in [0.1, 0.15) is 136 Å². The first-order chi connectivity index (χ1) is 20.8. The van der Waals surface area contributed by atoms with Crippen molar-refractivity contribution in [3.8, 4) is 5.75 Å². The Balaban J connectivity index is 0.000000323. The standard InChI is InChI=1S/C24H38ClN.C10H11NO3.C2H6.ClH.Ru/c1-17(2)19-11-10-12-20(18(3)4)22(19)26-21(15-25)24(16-23(26,5)6)13-8-7-9-14-24;1-7(2)14-10-5-4-9(11(12)13)6-8(10)3;1-2;;/h10-12,17-18,21H,7-9,13-16H2,1-6H3;3-7H,1-2H3;1-2H3;1H;/q;;;;+1/p-1. The Hall–Kier alpha value is -1.49. The van der Waals surface area contributed by atoms with Gasteiger partial charge in [-0.15, -0.1) is 11.6 Å². The smallest absolute Gasteiger partial charge is 0.0488 e. The summed E-state index contributed by atoms with van der Waals surface area (Å²) in [7, 11) is 5.69. The summed E-state index contributed by atoms with van der Waals surface area (Å²) in [5, 5.41) is 10.6. The Labute approximate surface area is 283 Å². The Morgan fingerprint density at radius 1 is 1.02 bits per heavy atom. The van der Waals surface area contributed by atoms with Gasteiger partial charge in [0.15, 0.2) is 0 Å². The van der Waals surface area contributed by atoms with Crippen LogP contribution in [0, 0.1) is 15.5 Å². The molecule has 1 spiro atoms. The molecule has 8 heteroatoms. The Bertz CT molecular complexity index is 1210. The van der Waals surface area contributed by atoms with Crippen molar-refractivity contribution in [2.45, 2.75) is 137 Å². The second-order valence-electron chi connectivity index (χ2n) is 13.4. The molecule has 4 rings (SSSR count). The molecule has 44 heavy (non-hydrogen) atoms. The molecule has 2 aromatic carbocycles. The van der Waals surface area contributed by atoms with Crippen LogP contribution < -0.4 is 9.64 Å². The van der Waals surface area contributed by atoms with E-state index >= 15 is 0 Å². The number of hydrogen-bond acceptors (Lipinski definition) is 4. The molecule has 2 aliphatic rings. The van der Waals surface area contributed by atoms with Crippen LogP contribution in [0.4, 0.5) is 11.4 Å². The molecule has 1 atom stereocenters. The number of anilines is 1. The van der Waals surface area contributed by atoms with E-state index in [1.807, 2.05) is 27.7 Å². The maximum atomic E-state index is 10.6. The van der Waals surface area contributed by atoms with E-state index in [1.165, 1.54) is 67.5 Å². The fourth-order valence-electron chi connectivity index (χ4n) is 7.14. The number of nitro benzene ring substituents is 1. The van der Waals surface area contributed by atoms with Crippen molar-refractivity contribution in [3.63, 3.8) is 0 Å². The first-order valence-corrected chi connectivity index (χ1v) is 20.0. The minimum Gasteiger partial charge on any atom is -0.361 e. The Kier molecular flexibility index (Phi) is 15.3. The molecule has 0 bridgehead atoms. The molecule has 2 aromatic rings. The summed E-state index contributed by atoms with van der Waals surface area (Å²) in [5.74, 6) is 2.43. The van der Waals surface area contributed by atoms with Crippen molar-refractivity contribution in [2.24, 2.45) is 5.41 Å².